The molecule has 1 unspecified atom stereocenters. The molecule has 0 spiro atoms. The minimum absolute atomic E-state index is 0.170. The summed E-state index contributed by atoms with van der Waals surface area (Å²) in [5.74, 6) is 0.566. The van der Waals surface area contributed by atoms with Crippen LogP contribution in [0.4, 0.5) is 5.82 Å². The first-order chi connectivity index (χ1) is 8.76. The first-order valence-corrected chi connectivity index (χ1v) is 6.86. The van der Waals surface area contributed by atoms with Gasteiger partial charge in [-0.1, -0.05) is 24.6 Å². The van der Waals surface area contributed by atoms with Crippen LogP contribution >= 0.6 is 22.9 Å². The molecule has 3 nitrogen and oxygen atoms in total. The standard InChI is InChI=1S/C13H12ClN3S/c1-2-10(11-4-3-7-18-11)17-13-12(14)9(8-15)5-6-16-13/h3-7,10H,2H2,1H3,(H,16,17). The molecule has 0 aromatic carbocycles. The summed E-state index contributed by atoms with van der Waals surface area (Å²) in [6.07, 6.45) is 2.52. The van der Waals surface area contributed by atoms with Gasteiger partial charge in [0.15, 0.2) is 0 Å². The van der Waals surface area contributed by atoms with Crippen molar-refractivity contribution in [2.24, 2.45) is 0 Å². The van der Waals surface area contributed by atoms with Crippen LogP contribution in [0, 0.1) is 11.3 Å². The van der Waals surface area contributed by atoms with E-state index in [1.807, 2.05) is 11.4 Å². The van der Waals surface area contributed by atoms with Gasteiger partial charge in [-0.15, -0.1) is 11.3 Å². The zero-order valence-electron chi connectivity index (χ0n) is 9.85. The van der Waals surface area contributed by atoms with Crippen LogP contribution in [-0.4, -0.2) is 4.98 Å². The Morgan fingerprint density at radius 3 is 3.00 bits per heavy atom. The summed E-state index contributed by atoms with van der Waals surface area (Å²) >= 11 is 7.82. The van der Waals surface area contributed by atoms with E-state index >= 15 is 0 Å². The number of pyridine rings is 1. The zero-order chi connectivity index (χ0) is 13.0. The third kappa shape index (κ3) is 2.63. The summed E-state index contributed by atoms with van der Waals surface area (Å²) in [5, 5.41) is 14.6. The highest BCUT2D eigenvalue weighted by Gasteiger charge is 2.14. The molecule has 18 heavy (non-hydrogen) atoms. The Labute approximate surface area is 115 Å². The van der Waals surface area contributed by atoms with E-state index in [2.05, 4.69) is 29.4 Å². The Morgan fingerprint density at radius 2 is 2.39 bits per heavy atom. The molecule has 0 aliphatic carbocycles. The Hall–Kier alpha value is -1.57. The van der Waals surface area contributed by atoms with Crippen LogP contribution in [0.15, 0.2) is 29.8 Å². The highest BCUT2D eigenvalue weighted by atomic mass is 35.5. The monoisotopic (exact) mass is 277 g/mol. The zero-order valence-corrected chi connectivity index (χ0v) is 11.4. The predicted molar refractivity (Wildman–Crippen MR) is 74.9 cm³/mol. The number of nitrogens with one attached hydrogen (secondary N) is 1. The van der Waals surface area contributed by atoms with E-state index in [1.165, 1.54) is 4.88 Å². The van der Waals surface area contributed by atoms with E-state index in [0.717, 1.165) is 6.42 Å². The van der Waals surface area contributed by atoms with Crippen molar-refractivity contribution in [1.29, 1.82) is 5.26 Å². The van der Waals surface area contributed by atoms with Crippen molar-refractivity contribution in [2.45, 2.75) is 19.4 Å². The third-order valence-corrected chi connectivity index (χ3v) is 3.98. The lowest BCUT2D eigenvalue weighted by Gasteiger charge is -2.17. The molecular weight excluding hydrogens is 266 g/mol. The highest BCUT2D eigenvalue weighted by molar-refractivity contribution is 7.10. The molecule has 0 aliphatic rings. The number of nitrogens with zero attached hydrogens (tertiary/aromatic N) is 2. The molecule has 0 radical (unpaired) electrons. The number of halogens is 1. The summed E-state index contributed by atoms with van der Waals surface area (Å²) in [5.41, 5.74) is 0.440. The fraction of sp³-hybridized carbons (Fsp3) is 0.231. The number of thiophene rings is 1. The van der Waals surface area contributed by atoms with E-state index in [1.54, 1.807) is 23.6 Å². The molecule has 2 aromatic heterocycles. The number of hydrogen-bond acceptors (Lipinski definition) is 4. The normalized spacial score (nSPS) is 11.8. The van der Waals surface area contributed by atoms with Gasteiger partial charge in [-0.25, -0.2) is 4.98 Å². The topological polar surface area (TPSA) is 48.7 Å². The second kappa shape index (κ2) is 5.85. The lowest BCUT2D eigenvalue weighted by molar-refractivity contribution is 0.759. The molecule has 0 amide bonds. The van der Waals surface area contributed by atoms with Crippen molar-refractivity contribution in [3.63, 3.8) is 0 Å². The van der Waals surface area contributed by atoms with Crippen molar-refractivity contribution in [3.05, 3.63) is 45.2 Å². The fourth-order valence-electron chi connectivity index (χ4n) is 1.66. The first-order valence-electron chi connectivity index (χ1n) is 5.60. The van der Waals surface area contributed by atoms with Gasteiger partial charge in [0.05, 0.1) is 11.6 Å². The Kier molecular flexibility index (Phi) is 4.19. The number of aromatic nitrogens is 1. The van der Waals surface area contributed by atoms with Gasteiger partial charge in [-0.05, 0) is 23.9 Å². The summed E-state index contributed by atoms with van der Waals surface area (Å²) in [6.45, 7) is 2.10. The Bertz CT molecular complexity index is 560. The minimum Gasteiger partial charge on any atom is -0.361 e. The minimum atomic E-state index is 0.170. The molecule has 0 fully saturated rings. The second-order valence-electron chi connectivity index (χ2n) is 3.75. The second-order valence-corrected chi connectivity index (χ2v) is 5.11. The quantitative estimate of drug-likeness (QED) is 0.910. The molecule has 0 saturated heterocycles. The lowest BCUT2D eigenvalue weighted by Crippen LogP contribution is -2.10. The van der Waals surface area contributed by atoms with E-state index in [0.29, 0.717) is 16.4 Å². The predicted octanol–water partition coefficient (Wildman–Crippen LogP) is 4.23. The maximum atomic E-state index is 8.93. The average Bonchev–Trinajstić information content (AvgIpc) is 2.91. The van der Waals surface area contributed by atoms with Crippen molar-refractivity contribution < 1.29 is 0 Å². The van der Waals surface area contributed by atoms with E-state index in [4.69, 9.17) is 16.9 Å². The van der Waals surface area contributed by atoms with Crippen LogP contribution in [0.2, 0.25) is 5.02 Å². The molecule has 5 heteroatoms. The van der Waals surface area contributed by atoms with Gasteiger partial charge >= 0.3 is 0 Å². The number of rotatable bonds is 4. The molecule has 2 rings (SSSR count). The maximum Gasteiger partial charge on any atom is 0.146 e. The molecule has 0 aliphatic heterocycles. The first kappa shape index (κ1) is 12.9. The van der Waals surface area contributed by atoms with E-state index < -0.39 is 0 Å². The summed E-state index contributed by atoms with van der Waals surface area (Å²) < 4.78 is 0. The van der Waals surface area contributed by atoms with Crippen LogP contribution in [0.25, 0.3) is 0 Å². The van der Waals surface area contributed by atoms with Gasteiger partial charge in [-0.2, -0.15) is 5.26 Å². The number of hydrogen-bond donors (Lipinski definition) is 1. The largest absolute Gasteiger partial charge is 0.361 e. The van der Waals surface area contributed by atoms with Crippen molar-refractivity contribution >= 4 is 28.8 Å². The molecule has 0 saturated carbocycles. The average molecular weight is 278 g/mol. The van der Waals surface area contributed by atoms with Gasteiger partial charge in [-0.3, -0.25) is 0 Å². The van der Waals surface area contributed by atoms with E-state index in [9.17, 15) is 0 Å². The summed E-state index contributed by atoms with van der Waals surface area (Å²) in [4.78, 5) is 5.43. The van der Waals surface area contributed by atoms with Gasteiger partial charge in [0.25, 0.3) is 0 Å². The van der Waals surface area contributed by atoms with Crippen molar-refractivity contribution in [2.75, 3.05) is 5.32 Å². The molecule has 0 bridgehead atoms. The molecular formula is C13H12ClN3S. The SMILES string of the molecule is CCC(Nc1nccc(C#N)c1Cl)c1cccs1. The molecule has 92 valence electrons. The van der Waals surface area contributed by atoms with Gasteiger partial charge in [0.1, 0.15) is 16.9 Å². The van der Waals surface area contributed by atoms with Crippen molar-refractivity contribution in [1.82, 2.24) is 4.98 Å². The fourth-order valence-corrected chi connectivity index (χ4v) is 2.73. The lowest BCUT2D eigenvalue weighted by atomic mass is 10.2. The number of anilines is 1. The smallest absolute Gasteiger partial charge is 0.146 e. The van der Waals surface area contributed by atoms with Crippen LogP contribution < -0.4 is 5.32 Å². The Morgan fingerprint density at radius 1 is 1.56 bits per heavy atom. The summed E-state index contributed by atoms with van der Waals surface area (Å²) in [6, 6.07) is 7.93. The maximum absolute atomic E-state index is 8.93. The van der Waals surface area contributed by atoms with Crippen LogP contribution in [0.5, 0.6) is 0 Å². The molecule has 1 atom stereocenters. The van der Waals surface area contributed by atoms with Crippen LogP contribution in [0.1, 0.15) is 29.8 Å². The van der Waals surface area contributed by atoms with Crippen molar-refractivity contribution in [3.8, 4) is 6.07 Å². The molecule has 1 N–H and O–H groups in total. The highest BCUT2D eigenvalue weighted by Crippen LogP contribution is 2.30. The summed E-state index contributed by atoms with van der Waals surface area (Å²) in [7, 11) is 0. The molecule has 2 aromatic rings. The van der Waals surface area contributed by atoms with Crippen LogP contribution in [-0.2, 0) is 0 Å². The Balaban J connectivity index is 2.26. The number of nitriles is 1. The van der Waals surface area contributed by atoms with E-state index in [-0.39, 0.29) is 6.04 Å². The molecule has 2 heterocycles. The van der Waals surface area contributed by atoms with Gasteiger partial charge in [0.2, 0.25) is 0 Å². The van der Waals surface area contributed by atoms with Gasteiger partial charge < -0.3 is 5.32 Å². The van der Waals surface area contributed by atoms with Gasteiger partial charge in [0, 0.05) is 11.1 Å². The van der Waals surface area contributed by atoms with Crippen LogP contribution in [0.3, 0.4) is 0 Å². The third-order valence-electron chi connectivity index (χ3n) is 2.62.